The zero-order chi connectivity index (χ0) is 20.5. The lowest BCUT2D eigenvalue weighted by atomic mass is 9.90. The maximum atomic E-state index is 12.0. The number of aliphatic imine (C=N–C) groups is 1. The van der Waals surface area contributed by atoms with E-state index in [9.17, 15) is 4.79 Å². The Balaban J connectivity index is 1.49. The summed E-state index contributed by atoms with van der Waals surface area (Å²) in [5.74, 6) is 1.85. The summed E-state index contributed by atoms with van der Waals surface area (Å²) < 4.78 is 5.70. The van der Waals surface area contributed by atoms with Crippen LogP contribution in [0.25, 0.3) is 0 Å². The number of hydrogen-bond donors (Lipinski definition) is 3. The molecule has 6 nitrogen and oxygen atoms in total. The van der Waals surface area contributed by atoms with E-state index in [-0.39, 0.29) is 11.8 Å². The Morgan fingerprint density at radius 3 is 2.90 bits per heavy atom. The average molecular weight is 395 g/mol. The zero-order valence-corrected chi connectivity index (χ0v) is 17.2. The lowest BCUT2D eigenvalue weighted by Crippen LogP contribution is -2.41. The molecule has 0 saturated heterocycles. The highest BCUT2D eigenvalue weighted by Gasteiger charge is 2.24. The van der Waals surface area contributed by atoms with E-state index in [1.165, 1.54) is 11.1 Å². The Labute approximate surface area is 172 Å². The van der Waals surface area contributed by atoms with Crippen LogP contribution in [0.5, 0.6) is 5.75 Å². The number of nitrogens with zero attached hydrogens (tertiary/aromatic N) is 1. The van der Waals surface area contributed by atoms with Crippen molar-refractivity contribution in [3.8, 4) is 5.75 Å². The number of rotatable bonds is 8. The Kier molecular flexibility index (Phi) is 7.50. The van der Waals surface area contributed by atoms with Crippen molar-refractivity contribution >= 4 is 17.6 Å². The first-order valence-corrected chi connectivity index (χ1v) is 10.2. The Morgan fingerprint density at radius 2 is 2.07 bits per heavy atom. The molecule has 1 atom stereocenters. The SMILES string of the molecule is CCCOc1cccc(CCNC(=NC)NCC2CC(=O)Nc3ccccc32)c1. The highest BCUT2D eigenvalue weighted by Crippen LogP contribution is 2.31. The standard InChI is InChI=1S/C23H30N4O2/c1-3-13-29-19-8-6-7-17(14-19)11-12-25-23(24-2)26-16-18-15-22(28)27-21-10-5-4-9-20(18)21/h4-10,14,18H,3,11-13,15-16H2,1-2H3,(H,27,28)(H2,24,25,26). The second-order valence-corrected chi connectivity index (χ2v) is 7.16. The van der Waals surface area contributed by atoms with Crippen molar-refractivity contribution in [3.05, 3.63) is 59.7 Å². The molecule has 3 N–H and O–H groups in total. The Bertz CT molecular complexity index is 850. The van der Waals surface area contributed by atoms with Gasteiger partial charge in [-0.3, -0.25) is 9.79 Å². The minimum absolute atomic E-state index is 0.0589. The third-order valence-electron chi connectivity index (χ3n) is 4.92. The van der Waals surface area contributed by atoms with Crippen LogP contribution in [0.4, 0.5) is 5.69 Å². The van der Waals surface area contributed by atoms with E-state index in [0.717, 1.165) is 43.4 Å². The van der Waals surface area contributed by atoms with Crippen LogP contribution in [0.15, 0.2) is 53.5 Å². The van der Waals surface area contributed by atoms with Gasteiger partial charge in [0.25, 0.3) is 0 Å². The fourth-order valence-electron chi connectivity index (χ4n) is 3.46. The van der Waals surface area contributed by atoms with Gasteiger partial charge in [-0.2, -0.15) is 0 Å². The number of para-hydroxylation sites is 1. The molecule has 0 saturated carbocycles. The zero-order valence-electron chi connectivity index (χ0n) is 17.2. The first kappa shape index (κ1) is 20.7. The summed E-state index contributed by atoms with van der Waals surface area (Å²) in [5.41, 5.74) is 3.29. The third kappa shape index (κ3) is 5.98. The fourth-order valence-corrected chi connectivity index (χ4v) is 3.46. The Morgan fingerprint density at radius 1 is 1.21 bits per heavy atom. The fraction of sp³-hybridized carbons (Fsp3) is 0.391. The Hall–Kier alpha value is -3.02. The molecule has 0 spiro atoms. The van der Waals surface area contributed by atoms with Gasteiger partial charge in [-0.1, -0.05) is 37.3 Å². The van der Waals surface area contributed by atoms with Gasteiger partial charge in [-0.25, -0.2) is 0 Å². The molecular formula is C23H30N4O2. The molecule has 1 heterocycles. The van der Waals surface area contributed by atoms with Crippen LogP contribution in [0.2, 0.25) is 0 Å². The first-order valence-electron chi connectivity index (χ1n) is 10.2. The summed E-state index contributed by atoms with van der Waals surface area (Å²) in [6.07, 6.45) is 2.35. The monoisotopic (exact) mass is 394 g/mol. The molecule has 1 amide bonds. The van der Waals surface area contributed by atoms with Gasteiger partial charge in [0.1, 0.15) is 5.75 Å². The van der Waals surface area contributed by atoms with E-state index in [1.807, 2.05) is 30.3 Å². The predicted octanol–water partition coefficient (Wildman–Crippen LogP) is 3.31. The van der Waals surface area contributed by atoms with Crippen molar-refractivity contribution in [2.24, 2.45) is 4.99 Å². The molecule has 1 aliphatic heterocycles. The molecule has 0 radical (unpaired) electrons. The minimum Gasteiger partial charge on any atom is -0.494 e. The molecule has 2 aromatic carbocycles. The molecule has 3 rings (SSSR count). The number of nitrogens with one attached hydrogen (secondary N) is 3. The van der Waals surface area contributed by atoms with Gasteiger partial charge < -0.3 is 20.7 Å². The van der Waals surface area contributed by atoms with Gasteiger partial charge in [0.2, 0.25) is 5.91 Å². The summed E-state index contributed by atoms with van der Waals surface area (Å²) in [4.78, 5) is 16.3. The predicted molar refractivity (Wildman–Crippen MR) is 118 cm³/mol. The molecule has 0 aliphatic carbocycles. The van der Waals surface area contributed by atoms with Crippen LogP contribution in [-0.4, -0.2) is 38.6 Å². The van der Waals surface area contributed by atoms with Gasteiger partial charge >= 0.3 is 0 Å². The summed E-state index contributed by atoms with van der Waals surface area (Å²) in [5, 5.41) is 9.65. The van der Waals surface area contributed by atoms with Gasteiger partial charge in [-0.05, 0) is 42.2 Å². The number of anilines is 1. The summed E-state index contributed by atoms with van der Waals surface area (Å²) in [6.45, 7) is 4.26. The van der Waals surface area contributed by atoms with Gasteiger partial charge in [0, 0.05) is 38.2 Å². The molecule has 0 fully saturated rings. The van der Waals surface area contributed by atoms with Gasteiger partial charge in [0.05, 0.1) is 6.61 Å². The number of guanidine groups is 1. The number of hydrogen-bond acceptors (Lipinski definition) is 3. The molecule has 0 bridgehead atoms. The largest absolute Gasteiger partial charge is 0.494 e. The highest BCUT2D eigenvalue weighted by atomic mass is 16.5. The number of amides is 1. The smallest absolute Gasteiger partial charge is 0.225 e. The van der Waals surface area contributed by atoms with Crippen molar-refractivity contribution in [1.82, 2.24) is 10.6 Å². The molecule has 154 valence electrons. The number of carbonyl (C=O) groups is 1. The molecular weight excluding hydrogens is 364 g/mol. The van der Waals surface area contributed by atoms with Crippen LogP contribution >= 0.6 is 0 Å². The highest BCUT2D eigenvalue weighted by molar-refractivity contribution is 5.94. The van der Waals surface area contributed by atoms with Crippen LogP contribution < -0.4 is 20.7 Å². The van der Waals surface area contributed by atoms with Crippen molar-refractivity contribution in [2.45, 2.75) is 32.1 Å². The average Bonchev–Trinajstić information content (AvgIpc) is 2.74. The number of benzene rings is 2. The van der Waals surface area contributed by atoms with Crippen LogP contribution in [0.1, 0.15) is 36.8 Å². The second kappa shape index (κ2) is 10.5. The van der Waals surface area contributed by atoms with Gasteiger partial charge in [-0.15, -0.1) is 0 Å². The third-order valence-corrected chi connectivity index (χ3v) is 4.92. The van der Waals surface area contributed by atoms with E-state index in [4.69, 9.17) is 4.74 Å². The summed E-state index contributed by atoms with van der Waals surface area (Å²) in [6, 6.07) is 16.2. The van der Waals surface area contributed by atoms with Crippen molar-refractivity contribution in [3.63, 3.8) is 0 Å². The number of carbonyl (C=O) groups excluding carboxylic acids is 1. The lowest BCUT2D eigenvalue weighted by Gasteiger charge is -2.26. The quantitative estimate of drug-likeness (QED) is 0.474. The van der Waals surface area contributed by atoms with Crippen molar-refractivity contribution in [2.75, 3.05) is 32.1 Å². The lowest BCUT2D eigenvalue weighted by molar-refractivity contribution is -0.116. The normalized spacial score (nSPS) is 16.0. The molecule has 6 heteroatoms. The summed E-state index contributed by atoms with van der Waals surface area (Å²) >= 11 is 0. The molecule has 0 aromatic heterocycles. The van der Waals surface area contributed by atoms with E-state index < -0.39 is 0 Å². The second-order valence-electron chi connectivity index (χ2n) is 7.16. The number of ether oxygens (including phenoxy) is 1. The van der Waals surface area contributed by atoms with Gasteiger partial charge in [0.15, 0.2) is 5.96 Å². The van der Waals surface area contributed by atoms with E-state index in [1.54, 1.807) is 7.05 Å². The van der Waals surface area contributed by atoms with Crippen molar-refractivity contribution in [1.29, 1.82) is 0 Å². The van der Waals surface area contributed by atoms with Crippen LogP contribution in [0.3, 0.4) is 0 Å². The maximum absolute atomic E-state index is 12.0. The molecule has 1 aliphatic rings. The first-order chi connectivity index (χ1) is 14.2. The van der Waals surface area contributed by atoms with E-state index in [2.05, 4.69) is 46.1 Å². The molecule has 1 unspecified atom stereocenters. The van der Waals surface area contributed by atoms with E-state index >= 15 is 0 Å². The topological polar surface area (TPSA) is 74.8 Å². The van der Waals surface area contributed by atoms with Crippen LogP contribution in [0, 0.1) is 0 Å². The molecule has 29 heavy (non-hydrogen) atoms. The minimum atomic E-state index is 0.0589. The molecule has 2 aromatic rings. The van der Waals surface area contributed by atoms with Crippen molar-refractivity contribution < 1.29 is 9.53 Å². The summed E-state index contributed by atoms with van der Waals surface area (Å²) in [7, 11) is 1.76. The van der Waals surface area contributed by atoms with E-state index in [0.29, 0.717) is 13.0 Å². The van der Waals surface area contributed by atoms with Crippen LogP contribution in [-0.2, 0) is 11.2 Å². The maximum Gasteiger partial charge on any atom is 0.225 e. The number of fused-ring (bicyclic) bond motifs is 1.